The number of amides is 1. The highest BCUT2D eigenvalue weighted by atomic mass is 16.1. The second kappa shape index (κ2) is 5.83. The highest BCUT2D eigenvalue weighted by molar-refractivity contribution is 5.77. The van der Waals surface area contributed by atoms with Crippen LogP contribution in [0.2, 0.25) is 0 Å². The van der Waals surface area contributed by atoms with Gasteiger partial charge in [0.15, 0.2) is 0 Å². The molecular weight excluding hydrogens is 214 g/mol. The normalized spacial score (nSPS) is 30.1. The molecule has 2 fully saturated rings. The third-order valence-electron chi connectivity index (χ3n) is 4.25. The molecule has 98 valence electrons. The van der Waals surface area contributed by atoms with Gasteiger partial charge < -0.3 is 10.6 Å². The van der Waals surface area contributed by atoms with Crippen LogP contribution in [-0.4, -0.2) is 55.0 Å². The molecule has 1 saturated carbocycles. The number of primary amides is 1. The fraction of sp³-hybridized carbons (Fsp3) is 0.923. The zero-order valence-corrected chi connectivity index (χ0v) is 10.9. The van der Waals surface area contributed by atoms with E-state index in [-0.39, 0.29) is 11.8 Å². The van der Waals surface area contributed by atoms with Gasteiger partial charge in [-0.1, -0.05) is 19.3 Å². The predicted molar refractivity (Wildman–Crippen MR) is 68.6 cm³/mol. The number of nitrogens with two attached hydrogens (primary N) is 1. The molecule has 0 aromatic rings. The zero-order valence-electron chi connectivity index (χ0n) is 10.9. The topological polar surface area (TPSA) is 49.6 Å². The molecule has 4 heteroatoms. The van der Waals surface area contributed by atoms with Gasteiger partial charge in [-0.25, -0.2) is 0 Å². The number of nitrogens with zero attached hydrogens (tertiary/aromatic N) is 2. The third kappa shape index (κ3) is 3.42. The summed E-state index contributed by atoms with van der Waals surface area (Å²) in [7, 11) is 2.08. The Hall–Kier alpha value is -0.610. The van der Waals surface area contributed by atoms with E-state index in [4.69, 9.17) is 5.73 Å². The number of carbonyl (C=O) groups is 1. The Balaban J connectivity index is 1.98. The van der Waals surface area contributed by atoms with Crippen molar-refractivity contribution in [2.75, 3.05) is 33.2 Å². The quantitative estimate of drug-likeness (QED) is 0.770. The van der Waals surface area contributed by atoms with Crippen LogP contribution >= 0.6 is 0 Å². The van der Waals surface area contributed by atoms with Crippen LogP contribution in [0.15, 0.2) is 0 Å². The van der Waals surface area contributed by atoms with Crippen LogP contribution in [0.25, 0.3) is 0 Å². The van der Waals surface area contributed by atoms with Crippen molar-refractivity contribution in [3.05, 3.63) is 0 Å². The summed E-state index contributed by atoms with van der Waals surface area (Å²) in [5.41, 5.74) is 5.50. The molecule has 0 spiro atoms. The summed E-state index contributed by atoms with van der Waals surface area (Å²) >= 11 is 0. The highest BCUT2D eigenvalue weighted by Crippen LogP contribution is 2.24. The minimum Gasteiger partial charge on any atom is -0.369 e. The van der Waals surface area contributed by atoms with Gasteiger partial charge in [0.2, 0.25) is 5.91 Å². The van der Waals surface area contributed by atoms with Gasteiger partial charge in [0.05, 0.1) is 5.92 Å². The molecule has 1 aliphatic heterocycles. The SMILES string of the molecule is CN1CCN(C2CCCCC2)C[C@H](C(N)=O)C1. The number of hydrogen-bond donors (Lipinski definition) is 1. The Morgan fingerprint density at radius 2 is 1.82 bits per heavy atom. The molecule has 1 saturated heterocycles. The molecule has 0 bridgehead atoms. The maximum Gasteiger partial charge on any atom is 0.223 e. The van der Waals surface area contributed by atoms with Crippen LogP contribution in [0.3, 0.4) is 0 Å². The Labute approximate surface area is 104 Å². The molecular formula is C13H25N3O. The lowest BCUT2D eigenvalue weighted by atomic mass is 9.93. The number of carbonyl (C=O) groups excluding carboxylic acids is 1. The van der Waals surface area contributed by atoms with Gasteiger partial charge in [-0.2, -0.15) is 0 Å². The standard InChI is InChI=1S/C13H25N3O/c1-15-7-8-16(10-11(9-15)13(14)17)12-5-3-2-4-6-12/h11-12H,2-10H2,1H3,(H2,14,17)/t11-/m1/s1. The van der Waals surface area contributed by atoms with Crippen molar-refractivity contribution in [3.8, 4) is 0 Å². The lowest BCUT2D eigenvalue weighted by Crippen LogP contribution is -2.43. The van der Waals surface area contributed by atoms with E-state index in [9.17, 15) is 4.79 Å². The van der Waals surface area contributed by atoms with E-state index >= 15 is 0 Å². The molecule has 0 aromatic carbocycles. The summed E-state index contributed by atoms with van der Waals surface area (Å²) in [5.74, 6) is -0.135. The van der Waals surface area contributed by atoms with Crippen LogP contribution in [0.4, 0.5) is 0 Å². The summed E-state index contributed by atoms with van der Waals surface area (Å²) in [4.78, 5) is 16.2. The first-order valence-electron chi connectivity index (χ1n) is 6.88. The smallest absolute Gasteiger partial charge is 0.223 e. The molecule has 2 N–H and O–H groups in total. The van der Waals surface area contributed by atoms with Crippen molar-refractivity contribution in [3.63, 3.8) is 0 Å². The maximum absolute atomic E-state index is 11.4. The lowest BCUT2D eigenvalue weighted by Gasteiger charge is -2.34. The Kier molecular flexibility index (Phi) is 4.40. The Bertz CT molecular complexity index is 263. The average molecular weight is 239 g/mol. The minimum atomic E-state index is -0.139. The summed E-state index contributed by atoms with van der Waals surface area (Å²) in [6, 6.07) is 0.692. The van der Waals surface area contributed by atoms with Crippen LogP contribution < -0.4 is 5.73 Å². The summed E-state index contributed by atoms with van der Waals surface area (Å²) < 4.78 is 0. The number of rotatable bonds is 2. The molecule has 2 rings (SSSR count). The van der Waals surface area contributed by atoms with E-state index in [2.05, 4.69) is 16.8 Å². The van der Waals surface area contributed by atoms with E-state index in [0.29, 0.717) is 6.04 Å². The monoisotopic (exact) mass is 239 g/mol. The molecule has 4 nitrogen and oxygen atoms in total. The molecule has 1 amide bonds. The van der Waals surface area contributed by atoms with Gasteiger partial charge in [-0.15, -0.1) is 0 Å². The van der Waals surface area contributed by atoms with E-state index in [1.165, 1.54) is 32.1 Å². The Morgan fingerprint density at radius 3 is 2.47 bits per heavy atom. The molecule has 1 aliphatic carbocycles. The van der Waals surface area contributed by atoms with Crippen molar-refractivity contribution < 1.29 is 4.79 Å². The predicted octanol–water partition coefficient (Wildman–Crippen LogP) is 0.668. The Morgan fingerprint density at radius 1 is 1.12 bits per heavy atom. The third-order valence-corrected chi connectivity index (χ3v) is 4.25. The van der Waals surface area contributed by atoms with Crippen molar-refractivity contribution in [1.29, 1.82) is 0 Å². The van der Waals surface area contributed by atoms with E-state index in [1.54, 1.807) is 0 Å². The van der Waals surface area contributed by atoms with Gasteiger partial charge in [0, 0.05) is 32.2 Å². The molecule has 0 aromatic heterocycles. The van der Waals surface area contributed by atoms with E-state index < -0.39 is 0 Å². The molecule has 0 unspecified atom stereocenters. The molecule has 17 heavy (non-hydrogen) atoms. The molecule has 0 radical (unpaired) electrons. The van der Waals surface area contributed by atoms with Crippen molar-refractivity contribution in [2.45, 2.75) is 38.1 Å². The lowest BCUT2D eigenvalue weighted by molar-refractivity contribution is -0.122. The summed E-state index contributed by atoms with van der Waals surface area (Å²) in [6.45, 7) is 3.83. The van der Waals surface area contributed by atoms with Crippen LogP contribution in [0.1, 0.15) is 32.1 Å². The van der Waals surface area contributed by atoms with Gasteiger partial charge >= 0.3 is 0 Å². The summed E-state index contributed by atoms with van der Waals surface area (Å²) in [6.07, 6.45) is 6.67. The van der Waals surface area contributed by atoms with Crippen molar-refractivity contribution in [1.82, 2.24) is 9.80 Å². The number of hydrogen-bond acceptors (Lipinski definition) is 3. The van der Waals surface area contributed by atoms with Crippen molar-refractivity contribution in [2.24, 2.45) is 11.7 Å². The minimum absolute atomic E-state index is 0.00410. The summed E-state index contributed by atoms with van der Waals surface area (Å²) in [5, 5.41) is 0. The van der Waals surface area contributed by atoms with Gasteiger partial charge in [-0.3, -0.25) is 9.69 Å². The maximum atomic E-state index is 11.4. The second-order valence-electron chi connectivity index (χ2n) is 5.65. The first-order valence-corrected chi connectivity index (χ1v) is 6.88. The van der Waals surface area contributed by atoms with E-state index in [1.807, 2.05) is 0 Å². The van der Waals surface area contributed by atoms with Crippen LogP contribution in [-0.2, 0) is 4.79 Å². The first kappa shape index (κ1) is 12.8. The van der Waals surface area contributed by atoms with Gasteiger partial charge in [0.1, 0.15) is 0 Å². The average Bonchev–Trinajstić information content (AvgIpc) is 2.52. The second-order valence-corrected chi connectivity index (χ2v) is 5.65. The zero-order chi connectivity index (χ0) is 12.3. The van der Waals surface area contributed by atoms with Gasteiger partial charge in [0.25, 0.3) is 0 Å². The van der Waals surface area contributed by atoms with Crippen LogP contribution in [0.5, 0.6) is 0 Å². The van der Waals surface area contributed by atoms with Crippen molar-refractivity contribution >= 4 is 5.91 Å². The highest BCUT2D eigenvalue weighted by Gasteiger charge is 2.29. The van der Waals surface area contributed by atoms with Gasteiger partial charge in [-0.05, 0) is 19.9 Å². The first-order chi connectivity index (χ1) is 8.16. The number of likely N-dealkylation sites (N-methyl/N-ethyl adjacent to an activating group) is 1. The van der Waals surface area contributed by atoms with Crippen LogP contribution in [0, 0.1) is 5.92 Å². The fourth-order valence-electron chi connectivity index (χ4n) is 3.16. The van der Waals surface area contributed by atoms with E-state index in [0.717, 1.165) is 26.2 Å². The largest absolute Gasteiger partial charge is 0.369 e. The molecule has 1 heterocycles. The molecule has 1 atom stereocenters. The molecule has 2 aliphatic rings. The fourth-order valence-corrected chi connectivity index (χ4v) is 3.16.